The summed E-state index contributed by atoms with van der Waals surface area (Å²) in [5.74, 6) is -1.03. The molecule has 0 aromatic heterocycles. The maximum absolute atomic E-state index is 11.1. The summed E-state index contributed by atoms with van der Waals surface area (Å²) >= 11 is 0. The van der Waals surface area contributed by atoms with E-state index in [1.165, 1.54) is 0 Å². The van der Waals surface area contributed by atoms with Crippen molar-refractivity contribution >= 4 is 11.9 Å². The SMILES string of the molecule is C=C(C)C(=O)OCC1CCCOC1=O. The van der Waals surface area contributed by atoms with Gasteiger partial charge in [0.1, 0.15) is 6.61 Å². The van der Waals surface area contributed by atoms with Crippen LogP contribution in [0, 0.1) is 5.92 Å². The van der Waals surface area contributed by atoms with E-state index in [1.54, 1.807) is 6.92 Å². The summed E-state index contributed by atoms with van der Waals surface area (Å²) in [6, 6.07) is 0. The van der Waals surface area contributed by atoms with Gasteiger partial charge in [-0.2, -0.15) is 0 Å². The minimum absolute atomic E-state index is 0.102. The molecule has 0 radical (unpaired) electrons. The Bertz CT molecular complexity index is 257. The van der Waals surface area contributed by atoms with E-state index >= 15 is 0 Å². The second kappa shape index (κ2) is 4.79. The molecular formula is C10H14O4. The molecule has 1 saturated heterocycles. The van der Waals surface area contributed by atoms with Gasteiger partial charge in [0.2, 0.25) is 0 Å². The zero-order chi connectivity index (χ0) is 10.6. The molecule has 14 heavy (non-hydrogen) atoms. The molecule has 1 heterocycles. The highest BCUT2D eigenvalue weighted by molar-refractivity contribution is 5.87. The minimum Gasteiger partial charge on any atom is -0.465 e. The Morgan fingerprint density at radius 3 is 3.00 bits per heavy atom. The first-order valence-electron chi connectivity index (χ1n) is 4.60. The second-order valence-electron chi connectivity index (χ2n) is 3.39. The summed E-state index contributed by atoms with van der Waals surface area (Å²) in [5, 5.41) is 0. The molecule has 0 aromatic carbocycles. The molecule has 0 bridgehead atoms. The molecule has 0 saturated carbocycles. The van der Waals surface area contributed by atoms with Crippen molar-refractivity contribution in [2.45, 2.75) is 19.8 Å². The molecule has 4 nitrogen and oxygen atoms in total. The lowest BCUT2D eigenvalue weighted by Gasteiger charge is -2.20. The van der Waals surface area contributed by atoms with E-state index < -0.39 is 5.97 Å². The van der Waals surface area contributed by atoms with Gasteiger partial charge >= 0.3 is 11.9 Å². The van der Waals surface area contributed by atoms with Crippen LogP contribution in [-0.2, 0) is 19.1 Å². The van der Waals surface area contributed by atoms with E-state index in [4.69, 9.17) is 9.47 Å². The number of cyclic esters (lactones) is 1. The fraction of sp³-hybridized carbons (Fsp3) is 0.600. The average molecular weight is 198 g/mol. The number of carbonyl (C=O) groups is 2. The van der Waals surface area contributed by atoms with Gasteiger partial charge in [0.15, 0.2) is 0 Å². The van der Waals surface area contributed by atoms with E-state index in [-0.39, 0.29) is 18.5 Å². The lowest BCUT2D eigenvalue weighted by atomic mass is 10.0. The molecule has 1 unspecified atom stereocenters. The van der Waals surface area contributed by atoms with Crippen LogP contribution in [0.25, 0.3) is 0 Å². The van der Waals surface area contributed by atoms with Crippen molar-refractivity contribution in [3.05, 3.63) is 12.2 Å². The minimum atomic E-state index is -0.455. The molecule has 4 heteroatoms. The smallest absolute Gasteiger partial charge is 0.333 e. The third kappa shape index (κ3) is 2.87. The van der Waals surface area contributed by atoms with Crippen LogP contribution in [0.2, 0.25) is 0 Å². The normalized spacial score (nSPS) is 21.2. The van der Waals surface area contributed by atoms with Crippen LogP contribution >= 0.6 is 0 Å². The fourth-order valence-electron chi connectivity index (χ4n) is 1.19. The highest BCUT2D eigenvalue weighted by atomic mass is 16.6. The molecule has 78 valence electrons. The Morgan fingerprint density at radius 2 is 2.43 bits per heavy atom. The lowest BCUT2D eigenvalue weighted by molar-refractivity contribution is -0.157. The predicted molar refractivity (Wildman–Crippen MR) is 49.5 cm³/mol. The number of esters is 2. The number of hydrogen-bond donors (Lipinski definition) is 0. The van der Waals surface area contributed by atoms with Crippen molar-refractivity contribution < 1.29 is 19.1 Å². The number of rotatable bonds is 3. The van der Waals surface area contributed by atoms with Crippen molar-refractivity contribution in [2.24, 2.45) is 5.92 Å². The van der Waals surface area contributed by atoms with Gasteiger partial charge in [-0.1, -0.05) is 6.58 Å². The first-order valence-corrected chi connectivity index (χ1v) is 4.60. The molecule has 0 spiro atoms. The van der Waals surface area contributed by atoms with Crippen molar-refractivity contribution in [1.82, 2.24) is 0 Å². The third-order valence-electron chi connectivity index (χ3n) is 2.04. The summed E-state index contributed by atoms with van der Waals surface area (Å²) < 4.78 is 9.70. The molecule has 1 aliphatic rings. The molecule has 1 aliphatic heterocycles. The van der Waals surface area contributed by atoms with Crippen LogP contribution < -0.4 is 0 Å². The molecule has 0 N–H and O–H groups in total. The van der Waals surface area contributed by atoms with Gasteiger partial charge < -0.3 is 9.47 Å². The van der Waals surface area contributed by atoms with Crippen LogP contribution in [0.3, 0.4) is 0 Å². The molecule has 0 amide bonds. The van der Waals surface area contributed by atoms with E-state index in [2.05, 4.69) is 6.58 Å². The van der Waals surface area contributed by atoms with Crippen LogP contribution in [0.15, 0.2) is 12.2 Å². The lowest BCUT2D eigenvalue weighted by Crippen LogP contribution is -2.28. The van der Waals surface area contributed by atoms with Gasteiger partial charge in [-0.3, -0.25) is 4.79 Å². The summed E-state index contributed by atoms with van der Waals surface area (Å²) in [6.07, 6.45) is 1.56. The molecule has 0 aliphatic carbocycles. The van der Waals surface area contributed by atoms with Gasteiger partial charge in [0, 0.05) is 5.57 Å². The Balaban J connectivity index is 2.33. The topological polar surface area (TPSA) is 52.6 Å². The molecule has 0 aromatic rings. The number of ether oxygens (including phenoxy) is 2. The Morgan fingerprint density at radius 1 is 1.71 bits per heavy atom. The average Bonchev–Trinajstić information content (AvgIpc) is 2.16. The third-order valence-corrected chi connectivity index (χ3v) is 2.04. The maximum Gasteiger partial charge on any atom is 0.333 e. The molecular weight excluding hydrogens is 184 g/mol. The van der Waals surface area contributed by atoms with Gasteiger partial charge in [0.05, 0.1) is 12.5 Å². The van der Waals surface area contributed by atoms with Gasteiger partial charge in [0.25, 0.3) is 0 Å². The number of hydrogen-bond acceptors (Lipinski definition) is 4. The first kappa shape index (κ1) is 10.8. The Kier molecular flexibility index (Phi) is 3.68. The highest BCUT2D eigenvalue weighted by Gasteiger charge is 2.25. The quantitative estimate of drug-likeness (QED) is 0.502. The highest BCUT2D eigenvalue weighted by Crippen LogP contribution is 2.15. The summed E-state index contributed by atoms with van der Waals surface area (Å²) in [5.41, 5.74) is 0.342. The standard InChI is InChI=1S/C10H14O4/c1-7(2)9(11)14-6-8-4-3-5-13-10(8)12/h8H,1,3-6H2,2H3. The zero-order valence-corrected chi connectivity index (χ0v) is 8.25. The van der Waals surface area contributed by atoms with E-state index in [0.717, 1.165) is 12.8 Å². The van der Waals surface area contributed by atoms with Crippen LogP contribution in [0.5, 0.6) is 0 Å². The van der Waals surface area contributed by atoms with E-state index in [9.17, 15) is 9.59 Å². The Hall–Kier alpha value is -1.32. The van der Waals surface area contributed by atoms with Gasteiger partial charge in [-0.05, 0) is 19.8 Å². The van der Waals surface area contributed by atoms with Crippen molar-refractivity contribution in [3.63, 3.8) is 0 Å². The zero-order valence-electron chi connectivity index (χ0n) is 8.25. The van der Waals surface area contributed by atoms with E-state index in [0.29, 0.717) is 12.2 Å². The predicted octanol–water partition coefficient (Wildman–Crippen LogP) is 1.06. The van der Waals surface area contributed by atoms with Crippen molar-refractivity contribution in [2.75, 3.05) is 13.2 Å². The summed E-state index contributed by atoms with van der Waals surface area (Å²) in [4.78, 5) is 22.2. The summed E-state index contributed by atoms with van der Waals surface area (Å²) in [6.45, 7) is 5.60. The fourth-order valence-corrected chi connectivity index (χ4v) is 1.19. The number of carbonyl (C=O) groups excluding carboxylic acids is 2. The second-order valence-corrected chi connectivity index (χ2v) is 3.39. The van der Waals surface area contributed by atoms with Crippen LogP contribution in [-0.4, -0.2) is 25.2 Å². The van der Waals surface area contributed by atoms with Crippen LogP contribution in [0.4, 0.5) is 0 Å². The van der Waals surface area contributed by atoms with Gasteiger partial charge in [-0.15, -0.1) is 0 Å². The largest absolute Gasteiger partial charge is 0.465 e. The summed E-state index contributed by atoms with van der Waals surface area (Å²) in [7, 11) is 0. The Labute approximate surface area is 82.9 Å². The van der Waals surface area contributed by atoms with E-state index in [1.807, 2.05) is 0 Å². The molecule has 1 rings (SSSR count). The van der Waals surface area contributed by atoms with Crippen molar-refractivity contribution in [1.29, 1.82) is 0 Å². The maximum atomic E-state index is 11.1. The molecule has 1 fully saturated rings. The van der Waals surface area contributed by atoms with Gasteiger partial charge in [-0.25, -0.2) is 4.79 Å². The molecule has 1 atom stereocenters. The monoisotopic (exact) mass is 198 g/mol. The van der Waals surface area contributed by atoms with Crippen molar-refractivity contribution in [3.8, 4) is 0 Å². The first-order chi connectivity index (χ1) is 6.61. The van der Waals surface area contributed by atoms with Crippen LogP contribution in [0.1, 0.15) is 19.8 Å².